The molecule has 1 aromatic rings. The number of aliphatic hydroxyl groups is 1. The fourth-order valence-electron chi connectivity index (χ4n) is 1.35. The van der Waals surface area contributed by atoms with Crippen molar-refractivity contribution in [3.05, 3.63) is 42.2 Å². The van der Waals surface area contributed by atoms with Crippen molar-refractivity contribution in [1.82, 2.24) is 5.32 Å². The van der Waals surface area contributed by atoms with E-state index in [2.05, 4.69) is 11.9 Å². The van der Waals surface area contributed by atoms with Gasteiger partial charge in [-0.15, -0.1) is 6.58 Å². The first-order valence-electron chi connectivity index (χ1n) is 5.53. The van der Waals surface area contributed by atoms with Crippen molar-refractivity contribution in [3.63, 3.8) is 0 Å². The number of benzene rings is 1. The van der Waals surface area contributed by atoms with Gasteiger partial charge in [-0.3, -0.25) is 4.79 Å². The third-order valence-corrected chi connectivity index (χ3v) is 2.29. The smallest absolute Gasteiger partial charge is 0.261 e. The Morgan fingerprint density at radius 2 is 2.39 bits per heavy atom. The summed E-state index contributed by atoms with van der Waals surface area (Å²) in [5.41, 5.74) is 0.304. The van der Waals surface area contributed by atoms with Gasteiger partial charge >= 0.3 is 0 Å². The maximum Gasteiger partial charge on any atom is 0.261 e. The zero-order chi connectivity index (χ0) is 13.5. The zero-order valence-electron chi connectivity index (χ0n) is 10.1. The van der Waals surface area contributed by atoms with E-state index in [0.717, 1.165) is 0 Å². The standard InChI is InChI=1S/C13H16FNO3/c1-3-6-15-13(17)9(2)18-12-5-4-11(14)7-10(12)8-16/h3-5,7,9,16H,1,6,8H2,2H3,(H,15,17). The van der Waals surface area contributed by atoms with Crippen molar-refractivity contribution >= 4 is 5.91 Å². The monoisotopic (exact) mass is 253 g/mol. The summed E-state index contributed by atoms with van der Waals surface area (Å²) >= 11 is 0. The van der Waals surface area contributed by atoms with Gasteiger partial charge < -0.3 is 15.2 Å². The van der Waals surface area contributed by atoms with E-state index in [0.29, 0.717) is 17.9 Å². The summed E-state index contributed by atoms with van der Waals surface area (Å²) in [7, 11) is 0. The lowest BCUT2D eigenvalue weighted by Crippen LogP contribution is -2.36. The van der Waals surface area contributed by atoms with Crippen LogP contribution in [0, 0.1) is 5.82 Å². The Morgan fingerprint density at radius 1 is 1.67 bits per heavy atom. The number of amides is 1. The molecule has 1 rings (SSSR count). The van der Waals surface area contributed by atoms with Crippen LogP contribution in [-0.2, 0) is 11.4 Å². The molecule has 1 unspecified atom stereocenters. The highest BCUT2D eigenvalue weighted by Crippen LogP contribution is 2.20. The van der Waals surface area contributed by atoms with Crippen molar-refractivity contribution in [2.24, 2.45) is 0 Å². The van der Waals surface area contributed by atoms with Crippen molar-refractivity contribution < 1.29 is 19.0 Å². The van der Waals surface area contributed by atoms with Crippen LogP contribution in [0.5, 0.6) is 5.75 Å². The molecule has 0 spiro atoms. The number of carbonyl (C=O) groups excluding carboxylic acids is 1. The van der Waals surface area contributed by atoms with Gasteiger partial charge in [0.15, 0.2) is 6.10 Å². The number of carbonyl (C=O) groups is 1. The van der Waals surface area contributed by atoms with Gasteiger partial charge in [0.2, 0.25) is 0 Å². The molecule has 4 nitrogen and oxygen atoms in total. The molecule has 5 heteroatoms. The normalized spacial score (nSPS) is 11.7. The van der Waals surface area contributed by atoms with Crippen LogP contribution in [0.2, 0.25) is 0 Å². The van der Waals surface area contributed by atoms with Crippen molar-refractivity contribution in [2.45, 2.75) is 19.6 Å². The number of aliphatic hydroxyl groups excluding tert-OH is 1. The molecule has 18 heavy (non-hydrogen) atoms. The van der Waals surface area contributed by atoms with E-state index >= 15 is 0 Å². The first-order valence-corrected chi connectivity index (χ1v) is 5.53. The lowest BCUT2D eigenvalue weighted by molar-refractivity contribution is -0.127. The van der Waals surface area contributed by atoms with Gasteiger partial charge in [0.25, 0.3) is 5.91 Å². The second kappa shape index (κ2) is 6.76. The highest BCUT2D eigenvalue weighted by atomic mass is 19.1. The molecular formula is C13H16FNO3. The molecule has 0 saturated carbocycles. The van der Waals surface area contributed by atoms with E-state index in [1.165, 1.54) is 18.2 Å². The third kappa shape index (κ3) is 3.85. The number of rotatable bonds is 6. The third-order valence-electron chi connectivity index (χ3n) is 2.29. The van der Waals surface area contributed by atoms with Gasteiger partial charge in [-0.2, -0.15) is 0 Å². The minimum Gasteiger partial charge on any atom is -0.481 e. The summed E-state index contributed by atoms with van der Waals surface area (Å²) in [6.45, 7) is 5.05. The number of halogens is 1. The largest absolute Gasteiger partial charge is 0.481 e. The highest BCUT2D eigenvalue weighted by molar-refractivity contribution is 5.80. The predicted octanol–water partition coefficient (Wildman–Crippen LogP) is 1.39. The summed E-state index contributed by atoms with van der Waals surface area (Å²) in [5, 5.41) is 11.7. The lowest BCUT2D eigenvalue weighted by atomic mass is 10.2. The van der Waals surface area contributed by atoms with Gasteiger partial charge in [0.1, 0.15) is 11.6 Å². The molecule has 0 radical (unpaired) electrons. The Hall–Kier alpha value is -1.88. The van der Waals surface area contributed by atoms with E-state index in [-0.39, 0.29) is 12.5 Å². The van der Waals surface area contributed by atoms with Crippen LogP contribution >= 0.6 is 0 Å². The van der Waals surface area contributed by atoms with Crippen LogP contribution in [0.4, 0.5) is 4.39 Å². The molecule has 98 valence electrons. The second-order valence-electron chi connectivity index (χ2n) is 3.70. The number of hydrogen-bond donors (Lipinski definition) is 2. The summed E-state index contributed by atoms with van der Waals surface area (Å²) in [5.74, 6) is -0.474. The van der Waals surface area contributed by atoms with E-state index in [1.54, 1.807) is 13.0 Å². The van der Waals surface area contributed by atoms with Crippen LogP contribution < -0.4 is 10.1 Å². The van der Waals surface area contributed by atoms with Gasteiger partial charge in [0, 0.05) is 12.1 Å². The molecule has 0 aromatic heterocycles. The maximum atomic E-state index is 12.9. The lowest BCUT2D eigenvalue weighted by Gasteiger charge is -2.16. The van der Waals surface area contributed by atoms with Crippen molar-refractivity contribution in [1.29, 1.82) is 0 Å². The van der Waals surface area contributed by atoms with E-state index in [4.69, 9.17) is 9.84 Å². The molecule has 0 fully saturated rings. The average molecular weight is 253 g/mol. The molecule has 0 bridgehead atoms. The van der Waals surface area contributed by atoms with Crippen LogP contribution in [0.25, 0.3) is 0 Å². The number of hydrogen-bond acceptors (Lipinski definition) is 3. The van der Waals surface area contributed by atoms with E-state index in [9.17, 15) is 9.18 Å². The Balaban J connectivity index is 2.71. The quantitative estimate of drug-likeness (QED) is 0.753. The van der Waals surface area contributed by atoms with Crippen LogP contribution in [-0.4, -0.2) is 23.7 Å². The minimum absolute atomic E-state index is 0.292. The van der Waals surface area contributed by atoms with Gasteiger partial charge in [-0.25, -0.2) is 4.39 Å². The Morgan fingerprint density at radius 3 is 3.00 bits per heavy atom. The van der Waals surface area contributed by atoms with E-state index < -0.39 is 11.9 Å². The minimum atomic E-state index is -0.735. The van der Waals surface area contributed by atoms with Crippen LogP contribution in [0.1, 0.15) is 12.5 Å². The zero-order valence-corrected chi connectivity index (χ0v) is 10.1. The van der Waals surface area contributed by atoms with Crippen molar-refractivity contribution in [3.8, 4) is 5.75 Å². The van der Waals surface area contributed by atoms with Gasteiger partial charge in [-0.1, -0.05) is 6.08 Å². The Labute approximate surface area is 105 Å². The summed E-state index contributed by atoms with van der Waals surface area (Å²) in [4.78, 5) is 11.6. The fourth-order valence-corrected chi connectivity index (χ4v) is 1.35. The maximum absolute atomic E-state index is 12.9. The summed E-state index contributed by atoms with van der Waals surface area (Å²) < 4.78 is 18.3. The average Bonchev–Trinajstić information content (AvgIpc) is 2.37. The summed E-state index contributed by atoms with van der Waals surface area (Å²) in [6.07, 6.45) is 0.822. The van der Waals surface area contributed by atoms with Gasteiger partial charge in [0.05, 0.1) is 6.61 Å². The first kappa shape index (κ1) is 14.2. The molecule has 1 atom stereocenters. The highest BCUT2D eigenvalue weighted by Gasteiger charge is 2.15. The van der Waals surface area contributed by atoms with Gasteiger partial charge in [-0.05, 0) is 25.1 Å². The molecule has 1 aromatic carbocycles. The SMILES string of the molecule is C=CCNC(=O)C(C)Oc1ccc(F)cc1CO. The second-order valence-corrected chi connectivity index (χ2v) is 3.70. The molecule has 0 aliphatic rings. The topological polar surface area (TPSA) is 58.6 Å². The Kier molecular flexibility index (Phi) is 5.32. The number of nitrogens with one attached hydrogen (secondary N) is 1. The van der Waals surface area contributed by atoms with Crippen LogP contribution in [0.15, 0.2) is 30.9 Å². The molecule has 1 amide bonds. The van der Waals surface area contributed by atoms with E-state index in [1.807, 2.05) is 0 Å². The fraction of sp³-hybridized carbons (Fsp3) is 0.308. The Bertz CT molecular complexity index is 434. The molecule has 0 aliphatic heterocycles. The molecule has 0 heterocycles. The molecule has 2 N–H and O–H groups in total. The molecule has 0 aliphatic carbocycles. The first-order chi connectivity index (χ1) is 8.58. The van der Waals surface area contributed by atoms with Crippen LogP contribution in [0.3, 0.4) is 0 Å². The number of ether oxygens (including phenoxy) is 1. The summed E-state index contributed by atoms with van der Waals surface area (Å²) in [6, 6.07) is 3.77. The molecule has 0 saturated heterocycles. The van der Waals surface area contributed by atoms with Crippen molar-refractivity contribution in [2.75, 3.05) is 6.54 Å². The predicted molar refractivity (Wildman–Crippen MR) is 65.6 cm³/mol. The molecular weight excluding hydrogens is 237 g/mol.